The normalized spacial score (nSPS) is 26.1. The highest BCUT2D eigenvalue weighted by Crippen LogP contribution is 2.27. The molecule has 1 aliphatic carbocycles. The van der Waals surface area contributed by atoms with Gasteiger partial charge in [-0.25, -0.2) is 0 Å². The van der Waals surface area contributed by atoms with Crippen molar-refractivity contribution >= 4 is 5.97 Å². The van der Waals surface area contributed by atoms with Crippen molar-refractivity contribution in [3.63, 3.8) is 0 Å². The van der Waals surface area contributed by atoms with Crippen LogP contribution in [0.5, 0.6) is 0 Å². The second-order valence-electron chi connectivity index (χ2n) is 6.44. The molecule has 0 aromatic rings. The van der Waals surface area contributed by atoms with Crippen LogP contribution in [-0.2, 0) is 9.53 Å². The van der Waals surface area contributed by atoms with E-state index in [2.05, 4.69) is 10.6 Å². The van der Waals surface area contributed by atoms with Crippen molar-refractivity contribution in [1.29, 1.82) is 0 Å². The van der Waals surface area contributed by atoms with Crippen molar-refractivity contribution in [2.45, 2.75) is 57.4 Å². The average Bonchev–Trinajstić information content (AvgIpc) is 2.52. The number of esters is 1. The van der Waals surface area contributed by atoms with Gasteiger partial charge in [0.25, 0.3) is 0 Å². The van der Waals surface area contributed by atoms with Gasteiger partial charge in [0.2, 0.25) is 0 Å². The highest BCUT2D eigenvalue weighted by molar-refractivity contribution is 5.75. The number of piperidine rings is 1. The fourth-order valence-corrected chi connectivity index (χ4v) is 3.57. The first kappa shape index (κ1) is 15.8. The van der Waals surface area contributed by atoms with Gasteiger partial charge in [-0.3, -0.25) is 4.79 Å². The summed E-state index contributed by atoms with van der Waals surface area (Å²) in [6, 6.07) is -0.106. The molecular weight excluding hydrogens is 252 g/mol. The van der Waals surface area contributed by atoms with Crippen LogP contribution in [0.1, 0.15) is 51.4 Å². The molecule has 2 atom stereocenters. The molecule has 0 bridgehead atoms. The molecule has 2 fully saturated rings. The van der Waals surface area contributed by atoms with E-state index in [-0.39, 0.29) is 12.0 Å². The van der Waals surface area contributed by atoms with Crippen LogP contribution in [0.25, 0.3) is 0 Å². The number of hydrogen-bond donors (Lipinski definition) is 2. The molecular formula is C16H30N2O2. The zero-order valence-corrected chi connectivity index (χ0v) is 12.8. The van der Waals surface area contributed by atoms with E-state index in [1.807, 2.05) is 0 Å². The van der Waals surface area contributed by atoms with E-state index in [9.17, 15) is 4.79 Å². The maximum atomic E-state index is 12.0. The molecule has 2 aliphatic rings. The number of ether oxygens (including phenoxy) is 1. The third-order valence-corrected chi connectivity index (χ3v) is 4.83. The van der Waals surface area contributed by atoms with E-state index in [4.69, 9.17) is 4.74 Å². The van der Waals surface area contributed by atoms with Crippen LogP contribution in [0.15, 0.2) is 0 Å². The van der Waals surface area contributed by atoms with Crippen molar-refractivity contribution in [3.8, 4) is 0 Å². The minimum absolute atomic E-state index is 0.0839. The molecule has 1 saturated carbocycles. The Morgan fingerprint density at radius 1 is 1.20 bits per heavy atom. The molecule has 116 valence electrons. The van der Waals surface area contributed by atoms with Crippen LogP contribution in [0.4, 0.5) is 0 Å². The average molecular weight is 282 g/mol. The molecule has 1 aliphatic heterocycles. The second kappa shape index (κ2) is 8.63. The minimum atomic E-state index is -0.106. The summed E-state index contributed by atoms with van der Waals surface area (Å²) >= 11 is 0. The Morgan fingerprint density at radius 3 is 2.60 bits per heavy atom. The minimum Gasteiger partial charge on any atom is -0.468 e. The molecule has 4 heteroatoms. The third-order valence-electron chi connectivity index (χ3n) is 4.83. The van der Waals surface area contributed by atoms with E-state index >= 15 is 0 Å². The largest absolute Gasteiger partial charge is 0.468 e. The molecule has 1 saturated heterocycles. The van der Waals surface area contributed by atoms with E-state index in [0.29, 0.717) is 11.8 Å². The molecule has 1 heterocycles. The van der Waals surface area contributed by atoms with E-state index < -0.39 is 0 Å². The fraction of sp³-hybridized carbons (Fsp3) is 0.938. The summed E-state index contributed by atoms with van der Waals surface area (Å²) < 4.78 is 4.98. The monoisotopic (exact) mass is 282 g/mol. The second-order valence-corrected chi connectivity index (χ2v) is 6.44. The highest BCUT2D eigenvalue weighted by atomic mass is 16.5. The van der Waals surface area contributed by atoms with Gasteiger partial charge in [0.05, 0.1) is 7.11 Å². The number of nitrogens with one attached hydrogen (secondary N) is 2. The molecule has 0 aromatic heterocycles. The van der Waals surface area contributed by atoms with Gasteiger partial charge in [-0.15, -0.1) is 0 Å². The number of carbonyl (C=O) groups excluding carboxylic acids is 1. The summed E-state index contributed by atoms with van der Waals surface area (Å²) in [5, 5.41) is 6.90. The molecule has 0 amide bonds. The molecule has 2 unspecified atom stereocenters. The topological polar surface area (TPSA) is 50.4 Å². The van der Waals surface area contributed by atoms with Crippen molar-refractivity contribution in [2.75, 3.05) is 26.7 Å². The predicted octanol–water partition coefficient (Wildman–Crippen LogP) is 2.09. The zero-order chi connectivity index (χ0) is 14.2. The van der Waals surface area contributed by atoms with Crippen molar-refractivity contribution in [1.82, 2.24) is 10.6 Å². The van der Waals surface area contributed by atoms with E-state index in [0.717, 1.165) is 26.1 Å². The summed E-state index contributed by atoms with van der Waals surface area (Å²) in [5.41, 5.74) is 0. The fourth-order valence-electron chi connectivity index (χ4n) is 3.57. The lowest BCUT2D eigenvalue weighted by atomic mass is 9.84. The first-order valence-corrected chi connectivity index (χ1v) is 8.31. The predicted molar refractivity (Wildman–Crippen MR) is 80.6 cm³/mol. The summed E-state index contributed by atoms with van der Waals surface area (Å²) in [6.45, 7) is 3.14. The van der Waals surface area contributed by atoms with Crippen LogP contribution >= 0.6 is 0 Å². The van der Waals surface area contributed by atoms with E-state index in [1.54, 1.807) is 0 Å². The van der Waals surface area contributed by atoms with Crippen LogP contribution in [0.3, 0.4) is 0 Å². The molecule has 0 radical (unpaired) electrons. The number of rotatable bonds is 6. The lowest BCUT2D eigenvalue weighted by molar-refractivity contribution is -0.143. The van der Waals surface area contributed by atoms with Crippen LogP contribution in [0.2, 0.25) is 0 Å². The van der Waals surface area contributed by atoms with Crippen LogP contribution in [-0.4, -0.2) is 38.8 Å². The van der Waals surface area contributed by atoms with Gasteiger partial charge in [-0.2, -0.15) is 0 Å². The van der Waals surface area contributed by atoms with Crippen molar-refractivity contribution in [2.24, 2.45) is 11.8 Å². The Morgan fingerprint density at radius 2 is 1.95 bits per heavy atom. The van der Waals surface area contributed by atoms with Gasteiger partial charge < -0.3 is 15.4 Å². The first-order valence-electron chi connectivity index (χ1n) is 8.31. The summed E-state index contributed by atoms with van der Waals surface area (Å²) in [4.78, 5) is 12.0. The summed E-state index contributed by atoms with van der Waals surface area (Å²) in [5.74, 6) is 1.27. The van der Waals surface area contributed by atoms with Crippen molar-refractivity contribution in [3.05, 3.63) is 0 Å². The molecule has 0 aromatic carbocycles. The van der Waals surface area contributed by atoms with Crippen LogP contribution < -0.4 is 10.6 Å². The number of carbonyl (C=O) groups is 1. The van der Waals surface area contributed by atoms with Gasteiger partial charge in [0.15, 0.2) is 0 Å². The summed E-state index contributed by atoms with van der Waals surface area (Å²) in [7, 11) is 1.50. The molecule has 2 N–H and O–H groups in total. The summed E-state index contributed by atoms with van der Waals surface area (Å²) in [6.07, 6.45) is 10.0. The van der Waals surface area contributed by atoms with Gasteiger partial charge in [0.1, 0.15) is 6.04 Å². The third kappa shape index (κ3) is 5.06. The Kier molecular flexibility index (Phi) is 6.80. The highest BCUT2D eigenvalue weighted by Gasteiger charge is 2.25. The van der Waals surface area contributed by atoms with Crippen LogP contribution in [0, 0.1) is 11.8 Å². The Labute approximate surface area is 123 Å². The van der Waals surface area contributed by atoms with Gasteiger partial charge in [-0.05, 0) is 50.7 Å². The zero-order valence-electron chi connectivity index (χ0n) is 12.8. The standard InChI is InChI=1S/C16H30N2O2/c1-20-16(19)15(10-13-6-3-2-4-7-13)18-12-14-8-5-9-17-11-14/h13-15,17-18H,2-12H2,1H3. The van der Waals surface area contributed by atoms with E-state index in [1.165, 1.54) is 52.1 Å². The van der Waals surface area contributed by atoms with Gasteiger partial charge >= 0.3 is 5.97 Å². The molecule has 20 heavy (non-hydrogen) atoms. The first-order chi connectivity index (χ1) is 9.79. The molecule has 0 spiro atoms. The maximum Gasteiger partial charge on any atom is 0.322 e. The molecule has 4 nitrogen and oxygen atoms in total. The van der Waals surface area contributed by atoms with Gasteiger partial charge in [-0.1, -0.05) is 32.1 Å². The Balaban J connectivity index is 1.77. The molecule has 2 rings (SSSR count). The van der Waals surface area contributed by atoms with Crippen molar-refractivity contribution < 1.29 is 9.53 Å². The Bertz CT molecular complexity index is 284. The lowest BCUT2D eigenvalue weighted by Gasteiger charge is -2.28. The number of methoxy groups -OCH3 is 1. The SMILES string of the molecule is COC(=O)C(CC1CCCCC1)NCC1CCCNC1. The maximum absolute atomic E-state index is 12.0. The lowest BCUT2D eigenvalue weighted by Crippen LogP contribution is -2.44. The Hall–Kier alpha value is -0.610. The number of hydrogen-bond acceptors (Lipinski definition) is 4. The quantitative estimate of drug-likeness (QED) is 0.733. The van der Waals surface area contributed by atoms with Gasteiger partial charge in [0, 0.05) is 0 Å². The smallest absolute Gasteiger partial charge is 0.322 e.